The van der Waals surface area contributed by atoms with Gasteiger partial charge in [-0.1, -0.05) is 24.3 Å². The van der Waals surface area contributed by atoms with E-state index < -0.39 is 30.0 Å². The van der Waals surface area contributed by atoms with E-state index in [2.05, 4.69) is 5.32 Å². The molecule has 142 valence electrons. The summed E-state index contributed by atoms with van der Waals surface area (Å²) in [5, 5.41) is 13.4. The number of methoxy groups -OCH3 is 1. The van der Waals surface area contributed by atoms with Crippen LogP contribution in [0.1, 0.15) is 5.56 Å². The third-order valence-corrected chi connectivity index (χ3v) is 3.49. The van der Waals surface area contributed by atoms with Gasteiger partial charge in [-0.3, -0.25) is 14.9 Å². The molecule has 0 bridgehead atoms. The highest BCUT2D eigenvalue weighted by Crippen LogP contribution is 2.27. The average molecular weight is 374 g/mol. The Bertz CT molecular complexity index is 851. The summed E-state index contributed by atoms with van der Waals surface area (Å²) in [5.74, 6) is -0.653. The summed E-state index contributed by atoms with van der Waals surface area (Å²) in [5.41, 5.74) is 0.339. The van der Waals surface area contributed by atoms with Crippen molar-refractivity contribution in [3.63, 3.8) is 0 Å². The number of hydrogen-bond donors (Lipinski definition) is 1. The molecule has 0 saturated heterocycles. The van der Waals surface area contributed by atoms with Gasteiger partial charge in [0.2, 0.25) is 0 Å². The first-order valence-corrected chi connectivity index (χ1v) is 7.87. The summed E-state index contributed by atoms with van der Waals surface area (Å²) in [6, 6.07) is 11.2. The second-order valence-electron chi connectivity index (χ2n) is 5.37. The predicted molar refractivity (Wildman–Crippen MR) is 95.9 cm³/mol. The SMILES string of the molecule is COc1ccccc1OCC(=O)OCC(=O)Nc1c(C)cccc1[N+](=O)[O-]. The molecule has 0 aromatic heterocycles. The lowest BCUT2D eigenvalue weighted by molar-refractivity contribution is -0.384. The lowest BCUT2D eigenvalue weighted by Crippen LogP contribution is -2.24. The first-order valence-electron chi connectivity index (χ1n) is 7.87. The molecule has 0 radical (unpaired) electrons. The molecule has 0 atom stereocenters. The fourth-order valence-corrected chi connectivity index (χ4v) is 2.20. The Balaban J connectivity index is 1.87. The summed E-state index contributed by atoms with van der Waals surface area (Å²) in [6.07, 6.45) is 0. The monoisotopic (exact) mass is 374 g/mol. The van der Waals surface area contributed by atoms with Crippen molar-refractivity contribution in [1.29, 1.82) is 0 Å². The zero-order valence-electron chi connectivity index (χ0n) is 14.8. The summed E-state index contributed by atoms with van der Waals surface area (Å²) >= 11 is 0. The number of benzene rings is 2. The van der Waals surface area contributed by atoms with Crippen LogP contribution >= 0.6 is 0 Å². The van der Waals surface area contributed by atoms with Gasteiger partial charge in [-0.05, 0) is 24.6 Å². The summed E-state index contributed by atoms with van der Waals surface area (Å²) in [7, 11) is 1.47. The molecule has 2 aromatic carbocycles. The molecule has 0 aliphatic rings. The second-order valence-corrected chi connectivity index (χ2v) is 5.37. The Morgan fingerprint density at radius 2 is 1.78 bits per heavy atom. The third-order valence-electron chi connectivity index (χ3n) is 3.49. The molecule has 0 spiro atoms. The number of nitrogens with one attached hydrogen (secondary N) is 1. The number of rotatable bonds is 8. The molecule has 0 aliphatic carbocycles. The molecular formula is C18H18N2O7. The van der Waals surface area contributed by atoms with Gasteiger partial charge >= 0.3 is 5.97 Å². The molecule has 27 heavy (non-hydrogen) atoms. The zero-order valence-corrected chi connectivity index (χ0v) is 14.8. The van der Waals surface area contributed by atoms with Crippen molar-refractivity contribution in [2.45, 2.75) is 6.92 Å². The number of nitro groups is 1. The van der Waals surface area contributed by atoms with E-state index in [1.165, 1.54) is 19.2 Å². The number of aryl methyl sites for hydroxylation is 1. The number of amides is 1. The molecule has 0 unspecified atom stereocenters. The number of hydrogen-bond acceptors (Lipinski definition) is 7. The van der Waals surface area contributed by atoms with Crippen molar-refractivity contribution in [2.75, 3.05) is 25.6 Å². The van der Waals surface area contributed by atoms with Crippen molar-refractivity contribution >= 4 is 23.3 Å². The lowest BCUT2D eigenvalue weighted by atomic mass is 10.1. The van der Waals surface area contributed by atoms with Crippen LogP contribution in [0.15, 0.2) is 42.5 Å². The van der Waals surface area contributed by atoms with E-state index in [4.69, 9.17) is 14.2 Å². The molecule has 0 saturated carbocycles. The number of para-hydroxylation sites is 3. The summed E-state index contributed by atoms with van der Waals surface area (Å²) < 4.78 is 15.2. The van der Waals surface area contributed by atoms with Gasteiger partial charge in [0.05, 0.1) is 12.0 Å². The Kier molecular flexibility index (Phi) is 6.70. The Morgan fingerprint density at radius 1 is 1.07 bits per heavy atom. The number of nitrogens with zero attached hydrogens (tertiary/aromatic N) is 1. The van der Waals surface area contributed by atoms with Crippen LogP contribution in [0, 0.1) is 17.0 Å². The van der Waals surface area contributed by atoms with Gasteiger partial charge in [0, 0.05) is 6.07 Å². The molecule has 1 N–H and O–H groups in total. The first-order chi connectivity index (χ1) is 12.9. The maximum Gasteiger partial charge on any atom is 0.344 e. The van der Waals surface area contributed by atoms with Crippen LogP contribution in [-0.2, 0) is 14.3 Å². The van der Waals surface area contributed by atoms with Crippen LogP contribution < -0.4 is 14.8 Å². The minimum Gasteiger partial charge on any atom is -0.493 e. The van der Waals surface area contributed by atoms with E-state index in [9.17, 15) is 19.7 Å². The summed E-state index contributed by atoms with van der Waals surface area (Å²) in [4.78, 5) is 34.1. The highest BCUT2D eigenvalue weighted by atomic mass is 16.6. The maximum absolute atomic E-state index is 11.9. The number of nitro benzene ring substituents is 1. The van der Waals surface area contributed by atoms with E-state index in [1.807, 2.05) is 0 Å². The van der Waals surface area contributed by atoms with Crippen LogP contribution in [0.4, 0.5) is 11.4 Å². The highest BCUT2D eigenvalue weighted by Gasteiger charge is 2.18. The van der Waals surface area contributed by atoms with E-state index in [0.29, 0.717) is 17.1 Å². The molecule has 0 heterocycles. The van der Waals surface area contributed by atoms with Crippen molar-refractivity contribution in [3.8, 4) is 11.5 Å². The van der Waals surface area contributed by atoms with Crippen molar-refractivity contribution in [1.82, 2.24) is 0 Å². The van der Waals surface area contributed by atoms with Crippen LogP contribution in [-0.4, -0.2) is 37.1 Å². The quantitative estimate of drug-likeness (QED) is 0.428. The van der Waals surface area contributed by atoms with Crippen LogP contribution in [0.3, 0.4) is 0 Å². The van der Waals surface area contributed by atoms with Crippen LogP contribution in [0.25, 0.3) is 0 Å². The van der Waals surface area contributed by atoms with Gasteiger partial charge in [0.25, 0.3) is 11.6 Å². The fourth-order valence-electron chi connectivity index (χ4n) is 2.20. The number of carbonyl (C=O) groups excluding carboxylic acids is 2. The molecule has 1 amide bonds. The normalized spacial score (nSPS) is 10.0. The molecule has 0 fully saturated rings. The summed E-state index contributed by atoms with van der Waals surface area (Å²) in [6.45, 7) is 0.605. The van der Waals surface area contributed by atoms with E-state index in [0.717, 1.165) is 0 Å². The second kappa shape index (κ2) is 9.18. The van der Waals surface area contributed by atoms with Gasteiger partial charge in [0.1, 0.15) is 5.69 Å². The molecule has 0 aliphatic heterocycles. The van der Waals surface area contributed by atoms with Gasteiger partial charge in [-0.25, -0.2) is 4.79 Å². The molecule has 9 nitrogen and oxygen atoms in total. The highest BCUT2D eigenvalue weighted by molar-refractivity contribution is 5.95. The van der Waals surface area contributed by atoms with Gasteiger partial charge < -0.3 is 19.5 Å². The van der Waals surface area contributed by atoms with Gasteiger partial charge in [-0.15, -0.1) is 0 Å². The largest absolute Gasteiger partial charge is 0.493 e. The predicted octanol–water partition coefficient (Wildman–Crippen LogP) is 2.47. The van der Waals surface area contributed by atoms with Gasteiger partial charge in [0.15, 0.2) is 24.7 Å². The fraction of sp³-hybridized carbons (Fsp3) is 0.222. The van der Waals surface area contributed by atoms with Crippen molar-refractivity contribution in [3.05, 3.63) is 58.1 Å². The smallest absolute Gasteiger partial charge is 0.344 e. The average Bonchev–Trinajstić information content (AvgIpc) is 2.66. The van der Waals surface area contributed by atoms with E-state index in [-0.39, 0.29) is 11.4 Å². The lowest BCUT2D eigenvalue weighted by Gasteiger charge is -2.11. The zero-order chi connectivity index (χ0) is 19.8. The Labute approximate surface area is 155 Å². The van der Waals surface area contributed by atoms with Crippen molar-refractivity contribution < 1.29 is 28.7 Å². The topological polar surface area (TPSA) is 117 Å². The van der Waals surface area contributed by atoms with E-state index >= 15 is 0 Å². The minimum absolute atomic E-state index is 0.0637. The standard InChI is InChI=1S/C18H18N2O7/c1-12-6-5-7-13(20(23)24)18(12)19-16(21)10-27-17(22)11-26-15-9-4-3-8-14(15)25-2/h3-9H,10-11H2,1-2H3,(H,19,21). The molecule has 9 heteroatoms. The Morgan fingerprint density at radius 3 is 2.44 bits per heavy atom. The van der Waals surface area contributed by atoms with E-state index in [1.54, 1.807) is 37.3 Å². The van der Waals surface area contributed by atoms with Crippen LogP contribution in [0.5, 0.6) is 11.5 Å². The first kappa shape index (κ1) is 19.7. The van der Waals surface area contributed by atoms with Gasteiger partial charge in [-0.2, -0.15) is 0 Å². The number of esters is 1. The number of ether oxygens (including phenoxy) is 3. The maximum atomic E-state index is 11.9. The minimum atomic E-state index is -0.768. The molecule has 2 aromatic rings. The molecule has 2 rings (SSSR count). The molecular weight excluding hydrogens is 356 g/mol. The third kappa shape index (κ3) is 5.43. The number of anilines is 1. The number of carbonyl (C=O) groups is 2. The van der Waals surface area contributed by atoms with Crippen molar-refractivity contribution in [2.24, 2.45) is 0 Å². The van der Waals surface area contributed by atoms with Crippen LogP contribution in [0.2, 0.25) is 0 Å². The Hall–Kier alpha value is -3.62.